The van der Waals surface area contributed by atoms with Crippen molar-refractivity contribution < 1.29 is 26.3 Å². The third-order valence-electron chi connectivity index (χ3n) is 3.41. The fourth-order valence-corrected chi connectivity index (χ4v) is 1.60. The van der Waals surface area contributed by atoms with E-state index in [9.17, 15) is 26.3 Å². The van der Waals surface area contributed by atoms with E-state index >= 15 is 0 Å². The van der Waals surface area contributed by atoms with Crippen molar-refractivity contribution >= 4 is 0 Å². The molecule has 1 unspecified atom stereocenters. The molecule has 0 saturated carbocycles. The van der Waals surface area contributed by atoms with E-state index in [1.54, 1.807) is 13.8 Å². The summed E-state index contributed by atoms with van der Waals surface area (Å²) in [6.07, 6.45) is -9.72. The summed E-state index contributed by atoms with van der Waals surface area (Å²) < 4.78 is 76.3. The fourth-order valence-electron chi connectivity index (χ4n) is 1.60. The molecule has 0 bridgehead atoms. The number of benzene rings is 1. The summed E-state index contributed by atoms with van der Waals surface area (Å²) in [4.78, 5) is 0. The lowest BCUT2D eigenvalue weighted by molar-refractivity contribution is -0.143. The van der Waals surface area contributed by atoms with E-state index in [4.69, 9.17) is 5.73 Å². The first kappa shape index (κ1) is 16.8. The van der Waals surface area contributed by atoms with Crippen LogP contribution in [0.1, 0.15) is 37.5 Å². The maximum atomic E-state index is 12.7. The van der Waals surface area contributed by atoms with Gasteiger partial charge in [0.25, 0.3) is 0 Å². The molecule has 1 aromatic carbocycles. The van der Waals surface area contributed by atoms with Gasteiger partial charge in [-0.1, -0.05) is 13.8 Å². The van der Waals surface area contributed by atoms with Gasteiger partial charge < -0.3 is 5.73 Å². The van der Waals surface area contributed by atoms with Crippen molar-refractivity contribution in [3.8, 4) is 0 Å². The minimum Gasteiger partial charge on any atom is -0.321 e. The van der Waals surface area contributed by atoms with Crippen LogP contribution >= 0.6 is 0 Å². The Labute approximate surface area is 112 Å². The van der Waals surface area contributed by atoms with Crippen LogP contribution in [0.15, 0.2) is 18.2 Å². The quantitative estimate of drug-likeness (QED) is 0.796. The Bertz CT molecular complexity index is 452. The molecule has 0 spiro atoms. The third-order valence-corrected chi connectivity index (χ3v) is 3.41. The predicted molar refractivity (Wildman–Crippen MR) is 62.8 cm³/mol. The summed E-state index contributed by atoms with van der Waals surface area (Å²) in [5.74, 6) is -0.327. The number of rotatable bonds is 2. The molecule has 1 nitrogen and oxygen atoms in total. The lowest BCUT2D eigenvalue weighted by Crippen LogP contribution is -2.39. The van der Waals surface area contributed by atoms with Crippen molar-refractivity contribution in [2.75, 3.05) is 0 Å². The summed E-state index contributed by atoms with van der Waals surface area (Å²) in [6.45, 7) is 4.67. The average Bonchev–Trinajstić information content (AvgIpc) is 2.25. The molecule has 114 valence electrons. The van der Waals surface area contributed by atoms with E-state index < -0.39 is 29.0 Å². The number of alkyl halides is 6. The zero-order valence-electron chi connectivity index (χ0n) is 11.2. The Morgan fingerprint density at radius 2 is 1.10 bits per heavy atom. The number of halogens is 6. The van der Waals surface area contributed by atoms with Crippen molar-refractivity contribution in [1.29, 1.82) is 0 Å². The number of hydrogen-bond donors (Lipinski definition) is 1. The van der Waals surface area contributed by atoms with Gasteiger partial charge in [-0.3, -0.25) is 0 Å². The molecule has 7 heteroatoms. The molecule has 2 N–H and O–H groups in total. The Morgan fingerprint density at radius 3 is 1.35 bits per heavy atom. The molecular weight excluding hydrogens is 284 g/mol. The summed E-state index contributed by atoms with van der Waals surface area (Å²) in [5, 5.41) is 0. The maximum absolute atomic E-state index is 12.7. The van der Waals surface area contributed by atoms with Gasteiger partial charge in [-0.05, 0) is 36.6 Å². The Hall–Kier alpha value is -1.24. The van der Waals surface area contributed by atoms with E-state index in [0.717, 1.165) is 0 Å². The van der Waals surface area contributed by atoms with Gasteiger partial charge in [0.1, 0.15) is 0 Å². The zero-order valence-corrected chi connectivity index (χ0v) is 11.2. The second-order valence-corrected chi connectivity index (χ2v) is 5.23. The van der Waals surface area contributed by atoms with Gasteiger partial charge in [0.2, 0.25) is 0 Å². The molecule has 0 aliphatic carbocycles. The summed E-state index contributed by atoms with van der Waals surface area (Å²) in [7, 11) is 0. The van der Waals surface area contributed by atoms with Crippen molar-refractivity contribution in [2.24, 2.45) is 11.7 Å². The Morgan fingerprint density at radius 1 is 0.800 bits per heavy atom. The largest absolute Gasteiger partial charge is 0.416 e. The summed E-state index contributed by atoms with van der Waals surface area (Å²) >= 11 is 0. The summed E-state index contributed by atoms with van der Waals surface area (Å²) in [6, 6.07) is 1.45. The standard InChI is InChI=1S/C13H15F6N/c1-7(2)11(3,20)8-4-9(12(14,15)16)6-10(5-8)13(17,18)19/h4-7H,20H2,1-3H3. The molecule has 0 fully saturated rings. The summed E-state index contributed by atoms with van der Waals surface area (Å²) in [5.41, 5.74) is 1.70. The molecule has 0 amide bonds. The van der Waals surface area contributed by atoms with Crippen molar-refractivity contribution in [3.63, 3.8) is 0 Å². The van der Waals surface area contributed by atoms with Gasteiger partial charge in [-0.25, -0.2) is 0 Å². The van der Waals surface area contributed by atoms with E-state index in [2.05, 4.69) is 0 Å². The van der Waals surface area contributed by atoms with E-state index in [1.807, 2.05) is 0 Å². The molecular formula is C13H15F6N. The van der Waals surface area contributed by atoms with Crippen molar-refractivity contribution in [3.05, 3.63) is 34.9 Å². The van der Waals surface area contributed by atoms with Crippen LogP contribution in [0.3, 0.4) is 0 Å². The maximum Gasteiger partial charge on any atom is 0.416 e. The van der Waals surface area contributed by atoms with Gasteiger partial charge in [0.15, 0.2) is 0 Å². The molecule has 1 atom stereocenters. The number of nitrogens with two attached hydrogens (primary N) is 1. The third kappa shape index (κ3) is 3.45. The average molecular weight is 299 g/mol. The van der Waals surface area contributed by atoms with Crippen LogP contribution in [0.5, 0.6) is 0 Å². The molecule has 0 radical (unpaired) electrons. The molecule has 1 aromatic rings. The first-order chi connectivity index (χ1) is 8.76. The monoisotopic (exact) mass is 299 g/mol. The van der Waals surface area contributed by atoms with E-state index in [1.165, 1.54) is 6.92 Å². The highest BCUT2D eigenvalue weighted by Crippen LogP contribution is 2.39. The predicted octanol–water partition coefficient (Wildman–Crippen LogP) is 4.55. The first-order valence-electron chi connectivity index (χ1n) is 5.85. The van der Waals surface area contributed by atoms with E-state index in [-0.39, 0.29) is 17.5 Å². The topological polar surface area (TPSA) is 26.0 Å². The first-order valence-corrected chi connectivity index (χ1v) is 5.85. The molecule has 1 rings (SSSR count). The van der Waals surface area contributed by atoms with Crippen LogP contribution in [-0.4, -0.2) is 0 Å². The molecule has 0 heterocycles. The van der Waals surface area contributed by atoms with Crippen LogP contribution in [0.2, 0.25) is 0 Å². The SMILES string of the molecule is CC(C)C(C)(N)c1cc(C(F)(F)F)cc(C(F)(F)F)c1. The number of hydrogen-bond acceptors (Lipinski definition) is 1. The second-order valence-electron chi connectivity index (χ2n) is 5.23. The van der Waals surface area contributed by atoms with E-state index in [0.29, 0.717) is 12.1 Å². The van der Waals surface area contributed by atoms with Crippen LogP contribution in [0.4, 0.5) is 26.3 Å². The van der Waals surface area contributed by atoms with Gasteiger partial charge in [-0.15, -0.1) is 0 Å². The van der Waals surface area contributed by atoms with Crippen LogP contribution in [-0.2, 0) is 17.9 Å². The lowest BCUT2D eigenvalue weighted by Gasteiger charge is -2.31. The minimum absolute atomic E-state index is 0.0971. The highest BCUT2D eigenvalue weighted by Gasteiger charge is 2.39. The van der Waals surface area contributed by atoms with Gasteiger partial charge in [-0.2, -0.15) is 26.3 Å². The molecule has 0 aromatic heterocycles. The lowest BCUT2D eigenvalue weighted by atomic mass is 9.81. The second kappa shape index (κ2) is 4.95. The Balaban J connectivity index is 3.55. The van der Waals surface area contributed by atoms with Gasteiger partial charge in [0, 0.05) is 5.54 Å². The van der Waals surface area contributed by atoms with Gasteiger partial charge >= 0.3 is 12.4 Å². The zero-order chi connectivity index (χ0) is 15.9. The normalized spacial score (nSPS) is 16.4. The van der Waals surface area contributed by atoms with Crippen molar-refractivity contribution in [2.45, 2.75) is 38.7 Å². The highest BCUT2D eigenvalue weighted by atomic mass is 19.4. The minimum atomic E-state index is -4.86. The molecule has 0 aliphatic heterocycles. The smallest absolute Gasteiger partial charge is 0.321 e. The van der Waals surface area contributed by atoms with Crippen LogP contribution < -0.4 is 5.73 Å². The highest BCUT2D eigenvalue weighted by molar-refractivity contribution is 5.37. The van der Waals surface area contributed by atoms with Crippen LogP contribution in [0.25, 0.3) is 0 Å². The van der Waals surface area contributed by atoms with Crippen molar-refractivity contribution in [1.82, 2.24) is 0 Å². The van der Waals surface area contributed by atoms with Crippen LogP contribution in [0, 0.1) is 5.92 Å². The van der Waals surface area contributed by atoms with Gasteiger partial charge in [0.05, 0.1) is 11.1 Å². The molecule has 0 saturated heterocycles. The molecule has 20 heavy (non-hydrogen) atoms. The molecule has 0 aliphatic rings. The fraction of sp³-hybridized carbons (Fsp3) is 0.538. The Kier molecular flexibility index (Phi) is 4.16.